The first kappa shape index (κ1) is 20.9. The highest BCUT2D eigenvalue weighted by atomic mass is 28.4. The maximum atomic E-state index is 9.34. The molecule has 0 unspecified atom stereocenters. The van der Waals surface area contributed by atoms with E-state index >= 15 is 0 Å². The normalized spacial score (nSPS) is 12.6. The van der Waals surface area contributed by atoms with Gasteiger partial charge in [-0.3, -0.25) is 9.80 Å². The van der Waals surface area contributed by atoms with E-state index < -0.39 is 8.80 Å². The van der Waals surface area contributed by atoms with Crippen LogP contribution >= 0.6 is 0 Å². The lowest BCUT2D eigenvalue weighted by molar-refractivity contribution is 0.0238. The standard InChI is InChI=1S/C12H30N2O6Si/c1-18-21(19-2,20-3)9-5-8-13(10-15)6-4-7-14(11-16)12-17/h15-17H,4-12H2,1-3H3. The molecule has 8 nitrogen and oxygen atoms in total. The molecule has 0 radical (unpaired) electrons. The largest absolute Gasteiger partial charge is 0.500 e. The lowest BCUT2D eigenvalue weighted by Crippen LogP contribution is -2.43. The minimum Gasteiger partial charge on any atom is -0.381 e. The highest BCUT2D eigenvalue weighted by Crippen LogP contribution is 2.15. The van der Waals surface area contributed by atoms with Gasteiger partial charge in [0.15, 0.2) is 0 Å². The van der Waals surface area contributed by atoms with E-state index in [-0.39, 0.29) is 20.2 Å². The third-order valence-corrected chi connectivity index (χ3v) is 6.27. The molecule has 0 saturated carbocycles. The summed E-state index contributed by atoms with van der Waals surface area (Å²) >= 11 is 0. The maximum absolute atomic E-state index is 9.34. The average Bonchev–Trinajstić information content (AvgIpc) is 2.54. The molecule has 0 rings (SSSR count). The van der Waals surface area contributed by atoms with E-state index in [1.54, 1.807) is 21.3 Å². The molecule has 0 aromatic heterocycles. The minimum absolute atomic E-state index is 0.0280. The first-order valence-corrected chi connectivity index (χ1v) is 8.97. The van der Waals surface area contributed by atoms with Crippen molar-refractivity contribution in [1.82, 2.24) is 9.80 Å². The summed E-state index contributed by atoms with van der Waals surface area (Å²) in [6.45, 7) is 1.61. The smallest absolute Gasteiger partial charge is 0.381 e. The van der Waals surface area contributed by atoms with Crippen LogP contribution in [0.3, 0.4) is 0 Å². The summed E-state index contributed by atoms with van der Waals surface area (Å²) in [7, 11) is 2.21. The van der Waals surface area contributed by atoms with Gasteiger partial charge in [0.2, 0.25) is 0 Å². The number of aliphatic hydroxyl groups excluding tert-OH is 3. The number of hydrogen-bond donors (Lipinski definition) is 3. The summed E-state index contributed by atoms with van der Waals surface area (Å²) in [6, 6.07) is 0.687. The Morgan fingerprint density at radius 1 is 0.714 bits per heavy atom. The molecule has 0 aliphatic heterocycles. The van der Waals surface area contributed by atoms with Gasteiger partial charge in [0.25, 0.3) is 0 Å². The number of hydrogen-bond acceptors (Lipinski definition) is 8. The number of aliphatic hydroxyl groups is 3. The van der Waals surface area contributed by atoms with Gasteiger partial charge in [-0.25, -0.2) is 0 Å². The highest BCUT2D eigenvalue weighted by Gasteiger charge is 2.36. The number of rotatable bonds is 14. The van der Waals surface area contributed by atoms with Crippen molar-refractivity contribution in [2.24, 2.45) is 0 Å². The summed E-state index contributed by atoms with van der Waals surface area (Å²) < 4.78 is 16.0. The summed E-state index contributed by atoms with van der Waals surface area (Å²) in [4.78, 5) is 3.40. The second-order valence-corrected chi connectivity index (χ2v) is 7.78. The third kappa shape index (κ3) is 8.19. The zero-order valence-corrected chi connectivity index (χ0v) is 14.3. The molecule has 21 heavy (non-hydrogen) atoms. The van der Waals surface area contributed by atoms with Crippen LogP contribution in [0.5, 0.6) is 0 Å². The predicted molar refractivity (Wildman–Crippen MR) is 80.4 cm³/mol. The Morgan fingerprint density at radius 3 is 1.57 bits per heavy atom. The second kappa shape index (κ2) is 12.4. The molecule has 0 aliphatic carbocycles. The zero-order valence-electron chi connectivity index (χ0n) is 13.3. The van der Waals surface area contributed by atoms with E-state index in [1.165, 1.54) is 4.90 Å². The van der Waals surface area contributed by atoms with Crippen molar-refractivity contribution in [3.8, 4) is 0 Å². The van der Waals surface area contributed by atoms with E-state index in [0.29, 0.717) is 25.7 Å². The first-order chi connectivity index (χ1) is 10.1. The van der Waals surface area contributed by atoms with Gasteiger partial charge >= 0.3 is 8.80 Å². The zero-order chi connectivity index (χ0) is 16.1. The van der Waals surface area contributed by atoms with Crippen molar-refractivity contribution in [2.45, 2.75) is 18.9 Å². The SMILES string of the molecule is CO[Si](CCCN(CO)CCCN(CO)CO)(OC)OC. The Kier molecular flexibility index (Phi) is 12.4. The molecule has 3 N–H and O–H groups in total. The molecular formula is C12H30N2O6Si. The van der Waals surface area contributed by atoms with Gasteiger partial charge in [0.1, 0.15) is 0 Å². The van der Waals surface area contributed by atoms with Crippen molar-refractivity contribution < 1.29 is 28.6 Å². The van der Waals surface area contributed by atoms with Crippen LogP contribution in [0.2, 0.25) is 6.04 Å². The number of nitrogens with zero attached hydrogens (tertiary/aromatic N) is 2. The Morgan fingerprint density at radius 2 is 1.14 bits per heavy atom. The first-order valence-electron chi connectivity index (χ1n) is 7.04. The Labute approximate surface area is 128 Å². The summed E-state index contributed by atoms with van der Waals surface area (Å²) in [5.41, 5.74) is 0. The average molecular weight is 326 g/mol. The summed E-state index contributed by atoms with van der Waals surface area (Å²) in [5.74, 6) is 0. The highest BCUT2D eigenvalue weighted by molar-refractivity contribution is 6.60. The molecule has 128 valence electrons. The molecule has 0 spiro atoms. The lowest BCUT2D eigenvalue weighted by atomic mass is 10.3. The molecule has 0 aliphatic rings. The molecule has 0 atom stereocenters. The molecule has 0 fully saturated rings. The molecule has 0 amide bonds. The third-order valence-electron chi connectivity index (χ3n) is 3.44. The molecule has 0 aromatic carbocycles. The summed E-state index contributed by atoms with van der Waals surface area (Å²) in [5, 5.41) is 27.2. The lowest BCUT2D eigenvalue weighted by Gasteiger charge is -2.26. The van der Waals surface area contributed by atoms with E-state index in [4.69, 9.17) is 23.5 Å². The van der Waals surface area contributed by atoms with E-state index in [2.05, 4.69) is 0 Å². The maximum Gasteiger partial charge on any atom is 0.500 e. The van der Waals surface area contributed by atoms with Crippen LogP contribution in [0.15, 0.2) is 0 Å². The van der Waals surface area contributed by atoms with Crippen molar-refractivity contribution in [3.63, 3.8) is 0 Å². The van der Waals surface area contributed by atoms with Crippen LogP contribution in [0.1, 0.15) is 12.8 Å². The quantitative estimate of drug-likeness (QED) is 0.279. The molecule has 0 aromatic rings. The molecule has 0 heterocycles. The van der Waals surface area contributed by atoms with Crippen molar-refractivity contribution in [1.29, 1.82) is 0 Å². The Balaban J connectivity index is 3.99. The molecular weight excluding hydrogens is 296 g/mol. The van der Waals surface area contributed by atoms with Crippen LogP contribution in [-0.4, -0.2) is 95.1 Å². The van der Waals surface area contributed by atoms with Crippen LogP contribution in [-0.2, 0) is 13.3 Å². The fourth-order valence-corrected chi connectivity index (χ4v) is 3.74. The predicted octanol–water partition coefficient (Wildman–Crippen LogP) is -0.902. The fourth-order valence-electron chi connectivity index (χ4n) is 2.03. The van der Waals surface area contributed by atoms with E-state index in [1.807, 2.05) is 4.90 Å². The van der Waals surface area contributed by atoms with Gasteiger partial charge in [-0.1, -0.05) is 0 Å². The van der Waals surface area contributed by atoms with Crippen LogP contribution in [0, 0.1) is 0 Å². The van der Waals surface area contributed by atoms with Gasteiger partial charge in [-0.15, -0.1) is 0 Å². The van der Waals surface area contributed by atoms with Crippen LogP contribution in [0.25, 0.3) is 0 Å². The van der Waals surface area contributed by atoms with Crippen LogP contribution < -0.4 is 0 Å². The molecule has 0 bridgehead atoms. The van der Waals surface area contributed by atoms with Crippen molar-refractivity contribution in [3.05, 3.63) is 0 Å². The summed E-state index contributed by atoms with van der Waals surface area (Å²) in [6.07, 6.45) is 1.55. The van der Waals surface area contributed by atoms with Crippen molar-refractivity contribution in [2.75, 3.05) is 61.2 Å². The van der Waals surface area contributed by atoms with Gasteiger partial charge in [0.05, 0.1) is 20.2 Å². The van der Waals surface area contributed by atoms with E-state index in [0.717, 1.165) is 12.8 Å². The Bertz CT molecular complexity index is 234. The van der Waals surface area contributed by atoms with Gasteiger partial charge in [-0.2, -0.15) is 0 Å². The second-order valence-electron chi connectivity index (χ2n) is 4.69. The van der Waals surface area contributed by atoms with Crippen molar-refractivity contribution >= 4 is 8.80 Å². The monoisotopic (exact) mass is 326 g/mol. The van der Waals surface area contributed by atoms with Gasteiger partial charge in [0, 0.05) is 47.0 Å². The van der Waals surface area contributed by atoms with Gasteiger partial charge in [-0.05, 0) is 12.8 Å². The fraction of sp³-hybridized carbons (Fsp3) is 1.00. The van der Waals surface area contributed by atoms with E-state index in [9.17, 15) is 5.11 Å². The van der Waals surface area contributed by atoms with Gasteiger partial charge < -0.3 is 28.6 Å². The molecule has 9 heteroatoms. The van der Waals surface area contributed by atoms with Crippen LogP contribution in [0.4, 0.5) is 0 Å². The minimum atomic E-state index is -2.54. The molecule has 0 saturated heterocycles. The Hall–Kier alpha value is -0.103. The topological polar surface area (TPSA) is 94.9 Å².